The van der Waals surface area contributed by atoms with E-state index in [4.69, 9.17) is 0 Å². The van der Waals surface area contributed by atoms with Crippen LogP contribution in [0.15, 0.2) is 0 Å². The Kier molecular flexibility index (Phi) is 3.89. The molecule has 9 atom stereocenters. The van der Waals surface area contributed by atoms with Crippen molar-refractivity contribution >= 4 is 0 Å². The summed E-state index contributed by atoms with van der Waals surface area (Å²) in [5.74, 6) is 3.37. The molecule has 2 N–H and O–H groups in total. The molecule has 0 aromatic rings. The first kappa shape index (κ1) is 16.4. The lowest BCUT2D eigenvalue weighted by molar-refractivity contribution is -0.172. The average molecular weight is 321 g/mol. The maximum atomic E-state index is 11.1. The summed E-state index contributed by atoms with van der Waals surface area (Å²) in [6.07, 6.45) is 10.5. The van der Waals surface area contributed by atoms with Gasteiger partial charge in [-0.25, -0.2) is 0 Å². The van der Waals surface area contributed by atoms with Gasteiger partial charge in [0.25, 0.3) is 0 Å². The number of aliphatic hydroxyl groups is 2. The molecule has 4 aliphatic rings. The van der Waals surface area contributed by atoms with Crippen molar-refractivity contribution < 1.29 is 10.2 Å². The first-order valence-corrected chi connectivity index (χ1v) is 10.3. The van der Waals surface area contributed by atoms with E-state index in [-0.39, 0.29) is 12.2 Å². The smallest absolute Gasteiger partial charge is 0.0577 e. The highest BCUT2D eigenvalue weighted by atomic mass is 16.3. The number of hydrogen-bond donors (Lipinski definition) is 2. The number of rotatable bonds is 1. The van der Waals surface area contributed by atoms with Crippen molar-refractivity contribution in [3.8, 4) is 0 Å². The molecule has 0 aromatic heterocycles. The van der Waals surface area contributed by atoms with E-state index in [9.17, 15) is 10.2 Å². The first-order valence-electron chi connectivity index (χ1n) is 10.3. The van der Waals surface area contributed by atoms with Crippen molar-refractivity contribution in [2.45, 2.75) is 90.8 Å². The third kappa shape index (κ3) is 2.20. The summed E-state index contributed by atoms with van der Waals surface area (Å²) >= 11 is 0. The zero-order valence-electron chi connectivity index (χ0n) is 15.3. The van der Waals surface area contributed by atoms with Gasteiger partial charge in [0.15, 0.2) is 0 Å². The predicted molar refractivity (Wildman–Crippen MR) is 92.9 cm³/mol. The summed E-state index contributed by atoms with van der Waals surface area (Å²) in [5.41, 5.74) is 0.850. The molecule has 132 valence electrons. The fourth-order valence-electron chi connectivity index (χ4n) is 7.98. The van der Waals surface area contributed by atoms with Crippen LogP contribution in [0.3, 0.4) is 0 Å². The Balaban J connectivity index is 1.66. The molecule has 4 rings (SSSR count). The van der Waals surface area contributed by atoms with Crippen molar-refractivity contribution in [2.24, 2.45) is 40.4 Å². The van der Waals surface area contributed by atoms with Crippen LogP contribution in [-0.4, -0.2) is 22.4 Å². The monoisotopic (exact) mass is 320 g/mol. The fourth-order valence-corrected chi connectivity index (χ4v) is 7.98. The van der Waals surface area contributed by atoms with Crippen molar-refractivity contribution in [3.05, 3.63) is 0 Å². The third-order valence-corrected chi connectivity index (χ3v) is 9.34. The molecule has 23 heavy (non-hydrogen) atoms. The Morgan fingerprint density at radius 2 is 1.57 bits per heavy atom. The van der Waals surface area contributed by atoms with E-state index in [1.807, 2.05) is 0 Å². The Labute approximate surface area is 142 Å². The lowest BCUT2D eigenvalue weighted by Crippen LogP contribution is -2.58. The first-order chi connectivity index (χ1) is 10.9. The lowest BCUT2D eigenvalue weighted by Gasteiger charge is -2.62. The molecule has 2 nitrogen and oxygen atoms in total. The highest BCUT2D eigenvalue weighted by Gasteiger charge is 2.62. The van der Waals surface area contributed by atoms with Gasteiger partial charge in [-0.2, -0.15) is 0 Å². The van der Waals surface area contributed by atoms with Gasteiger partial charge in [-0.05, 0) is 91.8 Å². The second-order valence-corrected chi connectivity index (χ2v) is 9.95. The van der Waals surface area contributed by atoms with Crippen LogP contribution in [0.4, 0.5) is 0 Å². The second kappa shape index (κ2) is 5.46. The van der Waals surface area contributed by atoms with Crippen LogP contribution in [0.1, 0.15) is 78.6 Å². The number of aliphatic hydroxyl groups excluding tert-OH is 2. The van der Waals surface area contributed by atoms with Crippen LogP contribution in [0, 0.1) is 40.4 Å². The molecule has 2 heteroatoms. The van der Waals surface area contributed by atoms with Crippen molar-refractivity contribution in [1.82, 2.24) is 0 Å². The van der Waals surface area contributed by atoms with E-state index < -0.39 is 0 Å². The molecule has 0 aromatic carbocycles. The van der Waals surface area contributed by atoms with Crippen molar-refractivity contribution in [2.75, 3.05) is 0 Å². The van der Waals surface area contributed by atoms with E-state index >= 15 is 0 Å². The topological polar surface area (TPSA) is 40.5 Å². The van der Waals surface area contributed by atoms with Gasteiger partial charge < -0.3 is 10.2 Å². The largest absolute Gasteiger partial charge is 0.393 e. The molecular weight excluding hydrogens is 284 g/mol. The summed E-state index contributed by atoms with van der Waals surface area (Å²) < 4.78 is 0. The minimum Gasteiger partial charge on any atom is -0.393 e. The van der Waals surface area contributed by atoms with E-state index in [1.54, 1.807) is 0 Å². The minimum atomic E-state index is -0.123. The normalized spacial score (nSPS) is 59.1. The Morgan fingerprint density at radius 1 is 0.870 bits per heavy atom. The molecule has 0 amide bonds. The molecule has 0 heterocycles. The maximum Gasteiger partial charge on any atom is 0.0577 e. The molecule has 4 aliphatic carbocycles. The van der Waals surface area contributed by atoms with Gasteiger partial charge in [-0.1, -0.05) is 27.2 Å². The SMILES string of the molecule is CC[C@H]1CCC2C3C(O)C[C@@H]4C[C@H](O)CC[C@]4(C)C3CC[C@@]21C. The van der Waals surface area contributed by atoms with Gasteiger partial charge in [0.1, 0.15) is 0 Å². The van der Waals surface area contributed by atoms with E-state index in [0.29, 0.717) is 28.6 Å². The zero-order valence-corrected chi connectivity index (χ0v) is 15.3. The quantitative estimate of drug-likeness (QED) is 0.752. The van der Waals surface area contributed by atoms with Crippen LogP contribution in [-0.2, 0) is 0 Å². The molecule has 0 saturated heterocycles. The summed E-state index contributed by atoms with van der Waals surface area (Å²) in [6.45, 7) is 7.41. The predicted octanol–water partition coefficient (Wildman–Crippen LogP) is 4.39. The molecule has 4 saturated carbocycles. The van der Waals surface area contributed by atoms with E-state index in [1.165, 1.54) is 38.5 Å². The standard InChI is InChI=1S/C21H36O2/c1-4-13-5-6-16-19-17(8-10-20(13,16)2)21(3)9-7-15(22)11-14(21)12-18(19)23/h13-19,22-23H,4-12H2,1-3H3/t13-,14-,15+,16?,17?,18?,19?,20+,21-/m0/s1. The van der Waals surface area contributed by atoms with Gasteiger partial charge in [0, 0.05) is 0 Å². The van der Waals surface area contributed by atoms with E-state index in [2.05, 4.69) is 20.8 Å². The summed E-state index contributed by atoms with van der Waals surface area (Å²) in [7, 11) is 0. The summed E-state index contributed by atoms with van der Waals surface area (Å²) in [4.78, 5) is 0. The number of fused-ring (bicyclic) bond motifs is 5. The van der Waals surface area contributed by atoms with Crippen molar-refractivity contribution in [1.29, 1.82) is 0 Å². The average Bonchev–Trinajstić information content (AvgIpc) is 2.85. The maximum absolute atomic E-state index is 11.1. The van der Waals surface area contributed by atoms with Gasteiger partial charge >= 0.3 is 0 Å². The Hall–Kier alpha value is -0.0800. The molecule has 4 fully saturated rings. The molecular formula is C21H36O2. The van der Waals surface area contributed by atoms with Gasteiger partial charge in [-0.15, -0.1) is 0 Å². The molecule has 0 bridgehead atoms. The number of hydrogen-bond acceptors (Lipinski definition) is 2. The molecule has 0 spiro atoms. The Morgan fingerprint density at radius 3 is 2.30 bits per heavy atom. The molecule has 0 aliphatic heterocycles. The Bertz CT molecular complexity index is 463. The van der Waals surface area contributed by atoms with Gasteiger partial charge in [-0.3, -0.25) is 0 Å². The van der Waals surface area contributed by atoms with E-state index in [0.717, 1.165) is 31.1 Å². The van der Waals surface area contributed by atoms with Gasteiger partial charge in [0.2, 0.25) is 0 Å². The second-order valence-electron chi connectivity index (χ2n) is 9.95. The van der Waals surface area contributed by atoms with Crippen LogP contribution in [0.2, 0.25) is 0 Å². The minimum absolute atomic E-state index is 0.122. The zero-order chi connectivity index (χ0) is 16.4. The van der Waals surface area contributed by atoms with Crippen LogP contribution in [0.5, 0.6) is 0 Å². The third-order valence-electron chi connectivity index (χ3n) is 9.34. The van der Waals surface area contributed by atoms with Crippen LogP contribution >= 0.6 is 0 Å². The highest BCUT2D eigenvalue weighted by Crippen LogP contribution is 2.67. The van der Waals surface area contributed by atoms with Crippen LogP contribution < -0.4 is 0 Å². The van der Waals surface area contributed by atoms with Crippen molar-refractivity contribution in [3.63, 3.8) is 0 Å². The van der Waals surface area contributed by atoms with Gasteiger partial charge in [0.05, 0.1) is 12.2 Å². The lowest BCUT2D eigenvalue weighted by atomic mass is 9.44. The molecule has 4 unspecified atom stereocenters. The summed E-state index contributed by atoms with van der Waals surface area (Å²) in [5, 5.41) is 21.2. The molecule has 0 radical (unpaired) electrons. The van der Waals surface area contributed by atoms with Crippen LogP contribution in [0.25, 0.3) is 0 Å². The highest BCUT2D eigenvalue weighted by molar-refractivity contribution is 5.11. The summed E-state index contributed by atoms with van der Waals surface area (Å²) in [6, 6.07) is 0. The fraction of sp³-hybridized carbons (Fsp3) is 1.00.